The summed E-state index contributed by atoms with van der Waals surface area (Å²) in [7, 11) is -1.53. The lowest BCUT2D eigenvalue weighted by atomic mass is 10.1. The van der Waals surface area contributed by atoms with Gasteiger partial charge in [0.15, 0.2) is 9.84 Å². The third-order valence-corrected chi connectivity index (χ3v) is 5.46. The van der Waals surface area contributed by atoms with Crippen LogP contribution in [0, 0.1) is 6.92 Å². The van der Waals surface area contributed by atoms with Gasteiger partial charge in [0.05, 0.1) is 17.5 Å². The molecule has 0 spiro atoms. The molecule has 27 heavy (non-hydrogen) atoms. The zero-order valence-electron chi connectivity index (χ0n) is 16.1. The molecule has 0 heterocycles. The highest BCUT2D eigenvalue weighted by molar-refractivity contribution is 7.90. The van der Waals surface area contributed by atoms with Crippen LogP contribution >= 0.6 is 0 Å². The van der Waals surface area contributed by atoms with E-state index in [4.69, 9.17) is 4.74 Å². The molecule has 0 aliphatic heterocycles. The van der Waals surface area contributed by atoms with Gasteiger partial charge in [0.25, 0.3) is 0 Å². The van der Waals surface area contributed by atoms with Crippen LogP contribution in [0.3, 0.4) is 0 Å². The first kappa shape index (κ1) is 20.8. The number of aryl methyl sites for hydroxylation is 1. The average molecular weight is 391 g/mol. The quantitative estimate of drug-likeness (QED) is 0.737. The summed E-state index contributed by atoms with van der Waals surface area (Å²) >= 11 is 0. The van der Waals surface area contributed by atoms with Crippen LogP contribution < -0.4 is 10.1 Å². The predicted octanol–water partition coefficient (Wildman–Crippen LogP) is 3.18. The highest BCUT2D eigenvalue weighted by Crippen LogP contribution is 2.20. The lowest BCUT2D eigenvalue weighted by Crippen LogP contribution is -2.40. The summed E-state index contributed by atoms with van der Waals surface area (Å²) in [6.45, 7) is 4.64. The van der Waals surface area contributed by atoms with Crippen LogP contribution in [0.2, 0.25) is 0 Å². The van der Waals surface area contributed by atoms with Gasteiger partial charge in [0, 0.05) is 13.3 Å². The molecule has 0 aromatic heterocycles. The molecule has 0 bridgehead atoms. The fraction of sp³-hybridized carbons (Fsp3) is 0.350. The van der Waals surface area contributed by atoms with Crippen molar-refractivity contribution in [3.63, 3.8) is 0 Å². The Morgan fingerprint density at radius 1 is 1.19 bits per heavy atom. The molecule has 2 amide bonds. The van der Waals surface area contributed by atoms with E-state index in [9.17, 15) is 13.2 Å². The van der Waals surface area contributed by atoms with Crippen LogP contribution in [0.5, 0.6) is 5.75 Å². The number of benzene rings is 2. The first-order valence-electron chi connectivity index (χ1n) is 8.68. The van der Waals surface area contributed by atoms with E-state index in [1.165, 1.54) is 6.26 Å². The Balaban J connectivity index is 1.85. The minimum absolute atomic E-state index is 0.198. The maximum Gasteiger partial charge on any atom is 0.317 e. The number of urea groups is 1. The molecule has 1 atom stereocenters. The maximum absolute atomic E-state index is 12.3. The average Bonchev–Trinajstić information content (AvgIpc) is 2.63. The van der Waals surface area contributed by atoms with Crippen LogP contribution in [0.1, 0.15) is 24.1 Å². The Labute approximate surface area is 161 Å². The molecule has 146 valence electrons. The maximum atomic E-state index is 12.3. The Bertz CT molecular complexity index is 879. The van der Waals surface area contributed by atoms with Crippen molar-refractivity contribution in [2.75, 3.05) is 26.5 Å². The highest BCUT2D eigenvalue weighted by atomic mass is 32.2. The molecule has 0 fully saturated rings. The van der Waals surface area contributed by atoms with E-state index in [2.05, 4.69) is 5.32 Å². The Morgan fingerprint density at radius 2 is 1.85 bits per heavy atom. The molecule has 0 aliphatic carbocycles. The molecular weight excluding hydrogens is 364 g/mol. The van der Waals surface area contributed by atoms with Crippen molar-refractivity contribution < 1.29 is 17.9 Å². The van der Waals surface area contributed by atoms with Gasteiger partial charge in [-0.2, -0.15) is 0 Å². The van der Waals surface area contributed by atoms with Gasteiger partial charge in [-0.15, -0.1) is 0 Å². The Morgan fingerprint density at radius 3 is 2.44 bits per heavy atom. The fourth-order valence-corrected chi connectivity index (χ4v) is 3.18. The van der Waals surface area contributed by atoms with Gasteiger partial charge in [-0.25, -0.2) is 13.2 Å². The van der Waals surface area contributed by atoms with Gasteiger partial charge >= 0.3 is 6.03 Å². The van der Waals surface area contributed by atoms with Crippen LogP contribution in [0.15, 0.2) is 53.4 Å². The number of rotatable bonds is 7. The van der Waals surface area contributed by atoms with E-state index >= 15 is 0 Å². The molecule has 0 saturated heterocycles. The second-order valence-corrected chi connectivity index (χ2v) is 8.54. The van der Waals surface area contributed by atoms with Crippen LogP contribution in [-0.4, -0.2) is 45.8 Å². The molecule has 1 N–H and O–H groups in total. The topological polar surface area (TPSA) is 75.7 Å². The summed E-state index contributed by atoms with van der Waals surface area (Å²) in [5, 5.41) is 2.82. The van der Waals surface area contributed by atoms with Crippen molar-refractivity contribution in [1.82, 2.24) is 10.2 Å². The highest BCUT2D eigenvalue weighted by Gasteiger charge is 2.17. The van der Waals surface area contributed by atoms with Crippen molar-refractivity contribution in [2.24, 2.45) is 0 Å². The third-order valence-electron chi connectivity index (χ3n) is 4.33. The van der Waals surface area contributed by atoms with Crippen molar-refractivity contribution in [2.45, 2.75) is 24.8 Å². The molecule has 7 heteroatoms. The lowest BCUT2D eigenvalue weighted by molar-refractivity contribution is 0.191. The summed E-state index contributed by atoms with van der Waals surface area (Å²) < 4.78 is 28.7. The van der Waals surface area contributed by atoms with E-state index in [0.29, 0.717) is 13.2 Å². The van der Waals surface area contributed by atoms with E-state index in [1.807, 2.05) is 38.1 Å². The number of carbonyl (C=O) groups excluding carboxylic acids is 1. The lowest BCUT2D eigenvalue weighted by Gasteiger charge is -2.25. The van der Waals surface area contributed by atoms with E-state index in [1.54, 1.807) is 36.2 Å². The smallest absolute Gasteiger partial charge is 0.317 e. The van der Waals surface area contributed by atoms with Crippen molar-refractivity contribution >= 4 is 15.9 Å². The first-order chi connectivity index (χ1) is 12.7. The second-order valence-electron chi connectivity index (χ2n) is 6.52. The number of hydrogen-bond donors (Lipinski definition) is 1. The summed E-state index contributed by atoms with van der Waals surface area (Å²) in [5.41, 5.74) is 1.98. The van der Waals surface area contributed by atoms with E-state index in [-0.39, 0.29) is 17.0 Å². The van der Waals surface area contributed by atoms with Gasteiger partial charge in [0.2, 0.25) is 0 Å². The number of ether oxygens (including phenoxy) is 1. The molecule has 0 aliphatic rings. The standard InChI is InChI=1S/C20H26N2O4S/c1-15-6-5-7-18(14-15)26-13-12-21-20(23)22(3)16(2)17-8-10-19(11-9-17)27(4,24)25/h5-11,14,16H,12-13H2,1-4H3,(H,21,23)/t16-/m1/s1. The third kappa shape index (κ3) is 5.99. The zero-order valence-corrected chi connectivity index (χ0v) is 16.9. The largest absolute Gasteiger partial charge is 0.492 e. The fourth-order valence-electron chi connectivity index (χ4n) is 2.55. The Hall–Kier alpha value is -2.54. The van der Waals surface area contributed by atoms with Gasteiger partial charge in [-0.05, 0) is 49.2 Å². The number of amides is 2. The molecule has 2 rings (SSSR count). The molecule has 0 radical (unpaired) electrons. The second kappa shape index (κ2) is 8.90. The number of hydrogen-bond acceptors (Lipinski definition) is 4. The molecule has 6 nitrogen and oxygen atoms in total. The van der Waals surface area contributed by atoms with Gasteiger partial charge in [-0.1, -0.05) is 24.3 Å². The molecule has 0 unspecified atom stereocenters. The SMILES string of the molecule is Cc1cccc(OCCNC(=O)N(C)[C@H](C)c2ccc(S(C)(=O)=O)cc2)c1. The number of carbonyl (C=O) groups is 1. The van der Waals surface area contributed by atoms with Crippen molar-refractivity contribution in [3.8, 4) is 5.75 Å². The van der Waals surface area contributed by atoms with Crippen LogP contribution in [0.25, 0.3) is 0 Å². The molecule has 0 saturated carbocycles. The zero-order chi connectivity index (χ0) is 20.0. The van der Waals surface area contributed by atoms with Crippen molar-refractivity contribution in [3.05, 3.63) is 59.7 Å². The van der Waals surface area contributed by atoms with Gasteiger partial charge in [0.1, 0.15) is 12.4 Å². The monoisotopic (exact) mass is 390 g/mol. The predicted molar refractivity (Wildman–Crippen MR) is 106 cm³/mol. The van der Waals surface area contributed by atoms with E-state index < -0.39 is 9.84 Å². The molecular formula is C20H26N2O4S. The summed E-state index contributed by atoms with van der Waals surface area (Å²) in [6.07, 6.45) is 1.17. The van der Waals surface area contributed by atoms with Gasteiger partial charge in [-0.3, -0.25) is 0 Å². The van der Waals surface area contributed by atoms with Crippen LogP contribution in [-0.2, 0) is 9.84 Å². The Kier molecular flexibility index (Phi) is 6.85. The number of sulfone groups is 1. The minimum Gasteiger partial charge on any atom is -0.492 e. The molecule has 2 aromatic carbocycles. The summed E-state index contributed by atoms with van der Waals surface area (Å²) in [4.78, 5) is 14.1. The number of nitrogens with one attached hydrogen (secondary N) is 1. The summed E-state index contributed by atoms with van der Waals surface area (Å²) in [6, 6.07) is 13.9. The van der Waals surface area contributed by atoms with Gasteiger partial charge < -0.3 is 15.0 Å². The normalized spacial score (nSPS) is 12.3. The minimum atomic E-state index is -3.23. The summed E-state index contributed by atoms with van der Waals surface area (Å²) in [5.74, 6) is 0.775. The first-order valence-corrected chi connectivity index (χ1v) is 10.6. The number of nitrogens with zero attached hydrogens (tertiary/aromatic N) is 1. The van der Waals surface area contributed by atoms with Crippen LogP contribution in [0.4, 0.5) is 4.79 Å². The van der Waals surface area contributed by atoms with Crippen molar-refractivity contribution in [1.29, 1.82) is 0 Å². The van der Waals surface area contributed by atoms with E-state index in [0.717, 1.165) is 16.9 Å². The molecule has 2 aromatic rings.